The monoisotopic (exact) mass is 258 g/mol. The van der Waals surface area contributed by atoms with Crippen molar-refractivity contribution in [3.05, 3.63) is 29.3 Å². The number of unbranched alkanes of at least 4 members (excludes halogenated alkanes) is 1. The van der Waals surface area contributed by atoms with E-state index in [1.165, 1.54) is 24.0 Å². The lowest BCUT2D eigenvalue weighted by Gasteiger charge is -2.33. The van der Waals surface area contributed by atoms with Gasteiger partial charge in [-0.3, -0.25) is 4.79 Å². The second-order valence-electron chi connectivity index (χ2n) is 5.76. The van der Waals surface area contributed by atoms with Crippen molar-refractivity contribution in [3.63, 3.8) is 0 Å². The number of aryl methyl sites for hydroxylation is 1. The summed E-state index contributed by atoms with van der Waals surface area (Å²) in [5, 5.41) is 6.51. The van der Waals surface area contributed by atoms with E-state index in [0.717, 1.165) is 38.0 Å². The Bertz CT molecular complexity index is 490. The number of anilines is 1. The first-order valence-corrected chi connectivity index (χ1v) is 7.42. The molecule has 1 aromatic rings. The number of rotatable bonds is 3. The van der Waals surface area contributed by atoms with Crippen LogP contribution < -0.4 is 10.6 Å². The van der Waals surface area contributed by atoms with Gasteiger partial charge in [-0.1, -0.05) is 25.5 Å². The molecule has 1 atom stereocenters. The van der Waals surface area contributed by atoms with Crippen LogP contribution in [-0.4, -0.2) is 19.0 Å². The van der Waals surface area contributed by atoms with E-state index in [4.69, 9.17) is 0 Å². The summed E-state index contributed by atoms with van der Waals surface area (Å²) in [5.41, 5.74) is 3.38. The molecule has 0 radical (unpaired) electrons. The van der Waals surface area contributed by atoms with Crippen molar-refractivity contribution in [1.29, 1.82) is 0 Å². The average Bonchev–Trinajstić information content (AvgIpc) is 2.71. The highest BCUT2D eigenvalue weighted by Crippen LogP contribution is 2.44. The maximum atomic E-state index is 12.5. The SMILES string of the molecule is CCCCc1cccc2c1C1(CCCNC1)C(=O)N2. The first-order valence-electron chi connectivity index (χ1n) is 7.42. The topological polar surface area (TPSA) is 41.1 Å². The molecule has 2 aliphatic rings. The van der Waals surface area contributed by atoms with Crippen LogP contribution in [0.25, 0.3) is 0 Å². The Balaban J connectivity index is 2.04. The van der Waals surface area contributed by atoms with Crippen LogP contribution in [0.4, 0.5) is 5.69 Å². The molecule has 1 spiro atoms. The van der Waals surface area contributed by atoms with Crippen LogP contribution in [0.5, 0.6) is 0 Å². The van der Waals surface area contributed by atoms with Gasteiger partial charge in [0.05, 0.1) is 5.41 Å². The zero-order chi connectivity index (χ0) is 13.3. The third kappa shape index (κ3) is 1.96. The molecule has 2 heterocycles. The number of nitrogens with one attached hydrogen (secondary N) is 2. The summed E-state index contributed by atoms with van der Waals surface area (Å²) >= 11 is 0. The molecule has 3 nitrogen and oxygen atoms in total. The Morgan fingerprint density at radius 1 is 1.37 bits per heavy atom. The standard InChI is InChI=1S/C16H22N2O/c1-2-3-6-12-7-4-8-13-14(12)16(15(19)18-13)9-5-10-17-11-16/h4,7-8,17H,2-3,5-6,9-11H2,1H3,(H,18,19). The average molecular weight is 258 g/mol. The van der Waals surface area contributed by atoms with Crippen molar-refractivity contribution >= 4 is 11.6 Å². The number of benzene rings is 1. The molecule has 0 saturated carbocycles. The van der Waals surface area contributed by atoms with Crippen molar-refractivity contribution in [2.75, 3.05) is 18.4 Å². The van der Waals surface area contributed by atoms with Gasteiger partial charge in [0.2, 0.25) is 5.91 Å². The van der Waals surface area contributed by atoms with Gasteiger partial charge in [-0.25, -0.2) is 0 Å². The molecule has 0 bridgehead atoms. The highest BCUT2D eigenvalue weighted by molar-refractivity contribution is 6.07. The zero-order valence-corrected chi connectivity index (χ0v) is 11.6. The van der Waals surface area contributed by atoms with E-state index in [0.29, 0.717) is 0 Å². The number of carbonyl (C=O) groups is 1. The smallest absolute Gasteiger partial charge is 0.236 e. The first kappa shape index (κ1) is 12.7. The van der Waals surface area contributed by atoms with Gasteiger partial charge in [-0.15, -0.1) is 0 Å². The molecule has 3 rings (SSSR count). The van der Waals surface area contributed by atoms with Crippen LogP contribution in [0.15, 0.2) is 18.2 Å². The van der Waals surface area contributed by atoms with Gasteiger partial charge in [-0.2, -0.15) is 0 Å². The van der Waals surface area contributed by atoms with Crippen LogP contribution in [0.2, 0.25) is 0 Å². The molecular weight excluding hydrogens is 236 g/mol. The number of piperidine rings is 1. The van der Waals surface area contributed by atoms with Crippen LogP contribution in [-0.2, 0) is 16.6 Å². The minimum atomic E-state index is -0.308. The van der Waals surface area contributed by atoms with Gasteiger partial charge < -0.3 is 10.6 Å². The van der Waals surface area contributed by atoms with E-state index in [-0.39, 0.29) is 11.3 Å². The number of fused-ring (bicyclic) bond motifs is 2. The third-order valence-electron chi connectivity index (χ3n) is 4.50. The maximum absolute atomic E-state index is 12.5. The Hall–Kier alpha value is -1.35. The van der Waals surface area contributed by atoms with Crippen molar-refractivity contribution in [1.82, 2.24) is 5.32 Å². The summed E-state index contributed by atoms with van der Waals surface area (Å²) in [6, 6.07) is 6.32. The lowest BCUT2D eigenvalue weighted by molar-refractivity contribution is -0.121. The van der Waals surface area contributed by atoms with E-state index in [2.05, 4.69) is 29.7 Å². The normalized spacial score (nSPS) is 25.4. The largest absolute Gasteiger partial charge is 0.325 e. The van der Waals surface area contributed by atoms with Crippen LogP contribution in [0.1, 0.15) is 43.7 Å². The second-order valence-corrected chi connectivity index (χ2v) is 5.76. The van der Waals surface area contributed by atoms with Crippen molar-refractivity contribution < 1.29 is 4.79 Å². The molecule has 1 unspecified atom stereocenters. The maximum Gasteiger partial charge on any atom is 0.236 e. The molecule has 19 heavy (non-hydrogen) atoms. The second kappa shape index (κ2) is 4.97. The number of carbonyl (C=O) groups excluding carboxylic acids is 1. The predicted octanol–water partition coefficient (Wildman–Crippen LogP) is 2.60. The fourth-order valence-corrected chi connectivity index (χ4v) is 3.51. The first-order chi connectivity index (χ1) is 9.28. The van der Waals surface area contributed by atoms with E-state index in [1.54, 1.807) is 0 Å². The third-order valence-corrected chi connectivity index (χ3v) is 4.50. The summed E-state index contributed by atoms with van der Waals surface area (Å²) < 4.78 is 0. The Morgan fingerprint density at radius 2 is 2.26 bits per heavy atom. The van der Waals surface area contributed by atoms with Crippen LogP contribution in [0, 0.1) is 0 Å². The van der Waals surface area contributed by atoms with Gasteiger partial charge in [0.1, 0.15) is 0 Å². The van der Waals surface area contributed by atoms with Gasteiger partial charge in [0.15, 0.2) is 0 Å². The molecule has 1 aromatic carbocycles. The summed E-state index contributed by atoms with van der Waals surface area (Å²) in [7, 11) is 0. The summed E-state index contributed by atoms with van der Waals surface area (Å²) in [6.07, 6.45) is 5.51. The Kier molecular flexibility index (Phi) is 3.31. The van der Waals surface area contributed by atoms with Crippen LogP contribution >= 0.6 is 0 Å². The summed E-state index contributed by atoms with van der Waals surface area (Å²) in [6.45, 7) is 4.03. The van der Waals surface area contributed by atoms with Gasteiger partial charge >= 0.3 is 0 Å². The number of hydrogen-bond acceptors (Lipinski definition) is 2. The van der Waals surface area contributed by atoms with Gasteiger partial charge in [0, 0.05) is 12.2 Å². The fraction of sp³-hybridized carbons (Fsp3) is 0.562. The lowest BCUT2D eigenvalue weighted by atomic mass is 9.73. The Labute approximate surface area is 114 Å². The minimum Gasteiger partial charge on any atom is -0.325 e. The predicted molar refractivity (Wildman–Crippen MR) is 77.5 cm³/mol. The number of amides is 1. The molecule has 0 aromatic heterocycles. The number of hydrogen-bond donors (Lipinski definition) is 2. The molecule has 1 saturated heterocycles. The fourth-order valence-electron chi connectivity index (χ4n) is 3.51. The highest BCUT2D eigenvalue weighted by Gasteiger charge is 2.48. The van der Waals surface area contributed by atoms with Crippen molar-refractivity contribution in [2.45, 2.75) is 44.4 Å². The van der Waals surface area contributed by atoms with Gasteiger partial charge in [0.25, 0.3) is 0 Å². The quantitative estimate of drug-likeness (QED) is 0.875. The van der Waals surface area contributed by atoms with E-state index in [9.17, 15) is 4.79 Å². The van der Waals surface area contributed by atoms with E-state index >= 15 is 0 Å². The van der Waals surface area contributed by atoms with Crippen LogP contribution in [0.3, 0.4) is 0 Å². The minimum absolute atomic E-state index is 0.193. The molecule has 0 aliphatic carbocycles. The van der Waals surface area contributed by atoms with Crippen molar-refractivity contribution in [2.24, 2.45) is 0 Å². The highest BCUT2D eigenvalue weighted by atomic mass is 16.2. The van der Waals surface area contributed by atoms with Crippen molar-refractivity contribution in [3.8, 4) is 0 Å². The molecule has 3 heteroatoms. The molecular formula is C16H22N2O. The van der Waals surface area contributed by atoms with E-state index < -0.39 is 0 Å². The molecule has 1 fully saturated rings. The Morgan fingerprint density at radius 3 is 3.00 bits per heavy atom. The molecule has 1 amide bonds. The molecule has 102 valence electrons. The molecule has 2 N–H and O–H groups in total. The zero-order valence-electron chi connectivity index (χ0n) is 11.6. The van der Waals surface area contributed by atoms with E-state index in [1.807, 2.05) is 6.07 Å². The lowest BCUT2D eigenvalue weighted by Crippen LogP contribution is -2.48. The summed E-state index contributed by atoms with van der Waals surface area (Å²) in [5.74, 6) is 0.193. The summed E-state index contributed by atoms with van der Waals surface area (Å²) in [4.78, 5) is 12.5. The van der Waals surface area contributed by atoms with Gasteiger partial charge in [-0.05, 0) is 49.4 Å². The molecule has 2 aliphatic heterocycles.